The molecule has 0 bridgehead atoms. The number of nitrogens with zero attached hydrogens (tertiary/aromatic N) is 3. The predicted molar refractivity (Wildman–Crippen MR) is 80.0 cm³/mol. The Hall–Kier alpha value is -2.71. The highest BCUT2D eigenvalue weighted by Crippen LogP contribution is 2.30. The van der Waals surface area contributed by atoms with E-state index in [1.807, 2.05) is 0 Å². The summed E-state index contributed by atoms with van der Waals surface area (Å²) in [6.07, 6.45) is -1.75. The molecule has 1 N–H and O–H groups in total. The van der Waals surface area contributed by atoms with Gasteiger partial charge in [-0.05, 0) is 19.1 Å². The van der Waals surface area contributed by atoms with Crippen molar-refractivity contribution in [3.8, 4) is 11.4 Å². The zero-order chi connectivity index (χ0) is 17.7. The Bertz CT molecular complexity index is 708. The van der Waals surface area contributed by atoms with Gasteiger partial charge in [0.05, 0.1) is 13.5 Å². The van der Waals surface area contributed by atoms with Gasteiger partial charge in [0.15, 0.2) is 11.5 Å². The largest absolute Gasteiger partial charge is 0.469 e. The topological polar surface area (TPSA) is 77.0 Å². The first-order valence-corrected chi connectivity index (χ1v) is 6.99. The third-order valence-corrected chi connectivity index (χ3v) is 3.05. The molecule has 0 saturated heterocycles. The lowest BCUT2D eigenvalue weighted by atomic mass is 10.2. The normalized spacial score (nSPS) is 12.5. The second-order valence-corrected chi connectivity index (χ2v) is 5.02. The number of carbonyl (C=O) groups is 1. The first-order chi connectivity index (χ1) is 11.3. The average Bonchev–Trinajstić information content (AvgIpc) is 2.54. The number of hydrogen-bond acceptors (Lipinski definition) is 6. The molecule has 128 valence electrons. The molecule has 2 rings (SSSR count). The Morgan fingerprint density at radius 1 is 1.29 bits per heavy atom. The van der Waals surface area contributed by atoms with Crippen molar-refractivity contribution in [3.63, 3.8) is 0 Å². The van der Waals surface area contributed by atoms with Crippen molar-refractivity contribution in [1.82, 2.24) is 15.0 Å². The van der Waals surface area contributed by atoms with E-state index in [0.717, 1.165) is 6.07 Å². The summed E-state index contributed by atoms with van der Waals surface area (Å²) in [4.78, 5) is 22.7. The number of anilines is 1. The zero-order valence-corrected chi connectivity index (χ0v) is 13.0. The summed E-state index contributed by atoms with van der Waals surface area (Å²) in [6.45, 7) is 1.64. The molecule has 9 heteroatoms. The Labute approximate surface area is 136 Å². The molecule has 0 spiro atoms. The smallest absolute Gasteiger partial charge is 0.433 e. The zero-order valence-electron chi connectivity index (χ0n) is 13.0. The van der Waals surface area contributed by atoms with Gasteiger partial charge in [-0.15, -0.1) is 0 Å². The van der Waals surface area contributed by atoms with Crippen LogP contribution in [0.1, 0.15) is 19.0 Å². The maximum absolute atomic E-state index is 13.1. The van der Waals surface area contributed by atoms with Crippen LogP contribution in [-0.4, -0.2) is 34.1 Å². The fourth-order valence-electron chi connectivity index (χ4n) is 1.93. The first-order valence-electron chi connectivity index (χ1n) is 6.99. The quantitative estimate of drug-likeness (QED) is 0.844. The van der Waals surface area contributed by atoms with Crippen LogP contribution < -0.4 is 5.32 Å². The number of ether oxygens (including phenoxy) is 1. The molecule has 1 unspecified atom stereocenters. The standard InChI is InChI=1S/C15H15F3N4O2/c1-9(7-13(23)24-2)20-12-8-11(15(16,17)18)21-14(22-12)10-3-5-19-6-4-10/h3-6,8-9H,7H2,1-2H3,(H,20,21,22). The van der Waals surface area contributed by atoms with Gasteiger partial charge in [0.2, 0.25) is 0 Å². The molecule has 0 aromatic carbocycles. The van der Waals surface area contributed by atoms with Crippen molar-refractivity contribution in [2.75, 3.05) is 12.4 Å². The van der Waals surface area contributed by atoms with Gasteiger partial charge in [-0.25, -0.2) is 9.97 Å². The summed E-state index contributed by atoms with van der Waals surface area (Å²) in [5.74, 6) is -0.588. The average molecular weight is 340 g/mol. The third-order valence-electron chi connectivity index (χ3n) is 3.05. The molecule has 0 radical (unpaired) electrons. The molecule has 1 atom stereocenters. The van der Waals surface area contributed by atoms with E-state index in [1.54, 1.807) is 6.92 Å². The van der Waals surface area contributed by atoms with E-state index < -0.39 is 23.9 Å². The number of methoxy groups -OCH3 is 1. The molecule has 0 saturated carbocycles. The van der Waals surface area contributed by atoms with Gasteiger partial charge in [-0.2, -0.15) is 13.2 Å². The Kier molecular flexibility index (Phi) is 5.32. The molecular formula is C15H15F3N4O2. The maximum atomic E-state index is 13.1. The van der Waals surface area contributed by atoms with Gasteiger partial charge < -0.3 is 10.1 Å². The minimum Gasteiger partial charge on any atom is -0.469 e. The van der Waals surface area contributed by atoms with Crippen molar-refractivity contribution < 1.29 is 22.7 Å². The van der Waals surface area contributed by atoms with Crippen molar-refractivity contribution in [3.05, 3.63) is 36.3 Å². The van der Waals surface area contributed by atoms with Crippen LogP contribution in [0, 0.1) is 0 Å². The van der Waals surface area contributed by atoms with Crippen molar-refractivity contribution >= 4 is 11.8 Å². The van der Waals surface area contributed by atoms with Gasteiger partial charge in [0.25, 0.3) is 0 Å². The summed E-state index contributed by atoms with van der Waals surface area (Å²) in [7, 11) is 1.24. The summed E-state index contributed by atoms with van der Waals surface area (Å²) >= 11 is 0. The molecular weight excluding hydrogens is 325 g/mol. The van der Waals surface area contributed by atoms with Crippen LogP contribution in [0.2, 0.25) is 0 Å². The van der Waals surface area contributed by atoms with E-state index in [0.29, 0.717) is 5.56 Å². The number of carbonyl (C=O) groups excluding carboxylic acids is 1. The molecule has 0 aliphatic rings. The number of aromatic nitrogens is 3. The Morgan fingerprint density at radius 3 is 2.54 bits per heavy atom. The highest BCUT2D eigenvalue weighted by molar-refractivity contribution is 5.70. The summed E-state index contributed by atoms with van der Waals surface area (Å²) in [6, 6.07) is 3.37. The highest BCUT2D eigenvalue weighted by Gasteiger charge is 2.34. The lowest BCUT2D eigenvalue weighted by Gasteiger charge is -2.16. The summed E-state index contributed by atoms with van der Waals surface area (Å²) < 4.78 is 43.7. The molecule has 0 aliphatic carbocycles. The molecule has 2 heterocycles. The minimum absolute atomic E-state index is 0.00750. The third kappa shape index (κ3) is 4.64. The van der Waals surface area contributed by atoms with E-state index in [-0.39, 0.29) is 18.1 Å². The lowest BCUT2D eigenvalue weighted by Crippen LogP contribution is -2.22. The number of hydrogen-bond donors (Lipinski definition) is 1. The fraction of sp³-hybridized carbons (Fsp3) is 0.333. The van der Waals surface area contributed by atoms with Crippen LogP contribution >= 0.6 is 0 Å². The van der Waals surface area contributed by atoms with Gasteiger partial charge in [-0.1, -0.05) is 0 Å². The summed E-state index contributed by atoms with van der Waals surface area (Å²) in [5, 5.41) is 2.76. The van der Waals surface area contributed by atoms with Crippen LogP contribution in [-0.2, 0) is 15.7 Å². The van der Waals surface area contributed by atoms with E-state index in [2.05, 4.69) is 25.0 Å². The monoisotopic (exact) mass is 340 g/mol. The van der Waals surface area contributed by atoms with Crippen LogP contribution in [0.4, 0.5) is 19.0 Å². The molecule has 0 amide bonds. The second kappa shape index (κ2) is 7.24. The number of esters is 1. The molecule has 24 heavy (non-hydrogen) atoms. The van der Waals surface area contributed by atoms with E-state index in [9.17, 15) is 18.0 Å². The lowest BCUT2D eigenvalue weighted by molar-refractivity contribution is -0.142. The van der Waals surface area contributed by atoms with Crippen LogP contribution in [0.15, 0.2) is 30.6 Å². The molecule has 0 fully saturated rings. The maximum Gasteiger partial charge on any atom is 0.433 e. The highest BCUT2D eigenvalue weighted by atomic mass is 19.4. The van der Waals surface area contributed by atoms with Crippen LogP contribution in [0.3, 0.4) is 0 Å². The van der Waals surface area contributed by atoms with Crippen LogP contribution in [0.25, 0.3) is 11.4 Å². The van der Waals surface area contributed by atoms with Gasteiger partial charge in [0, 0.05) is 30.1 Å². The van der Waals surface area contributed by atoms with Crippen molar-refractivity contribution in [2.45, 2.75) is 25.6 Å². The number of alkyl halides is 3. The van der Waals surface area contributed by atoms with E-state index in [4.69, 9.17) is 0 Å². The number of pyridine rings is 1. The molecule has 2 aromatic rings. The molecule has 0 aliphatic heterocycles. The summed E-state index contributed by atoms with van der Waals surface area (Å²) in [5.41, 5.74) is -0.670. The van der Waals surface area contributed by atoms with E-state index >= 15 is 0 Å². The van der Waals surface area contributed by atoms with E-state index in [1.165, 1.54) is 31.6 Å². The first kappa shape index (κ1) is 17.6. The van der Waals surface area contributed by atoms with Crippen molar-refractivity contribution in [1.29, 1.82) is 0 Å². The number of halogens is 3. The van der Waals surface area contributed by atoms with Gasteiger partial charge in [0.1, 0.15) is 5.82 Å². The SMILES string of the molecule is COC(=O)CC(C)Nc1cc(C(F)(F)F)nc(-c2ccncc2)n1. The molecule has 2 aromatic heterocycles. The van der Waals surface area contributed by atoms with Gasteiger partial charge in [-0.3, -0.25) is 9.78 Å². The molecule has 6 nitrogen and oxygen atoms in total. The van der Waals surface area contributed by atoms with Gasteiger partial charge >= 0.3 is 12.1 Å². The number of nitrogens with one attached hydrogen (secondary N) is 1. The predicted octanol–water partition coefficient (Wildman–Crippen LogP) is 2.92. The van der Waals surface area contributed by atoms with Crippen LogP contribution in [0.5, 0.6) is 0 Å². The van der Waals surface area contributed by atoms with Crippen molar-refractivity contribution in [2.24, 2.45) is 0 Å². The Balaban J connectivity index is 2.35. The minimum atomic E-state index is -4.62. The fourth-order valence-corrected chi connectivity index (χ4v) is 1.93. The number of rotatable bonds is 5. The Morgan fingerprint density at radius 2 is 1.96 bits per heavy atom. The second-order valence-electron chi connectivity index (χ2n) is 5.02.